The first-order valence-electron chi connectivity index (χ1n) is 9.71. The molecule has 1 amide bonds. The number of carbonyl (C=O) groups excluding carboxylic acids is 1. The summed E-state index contributed by atoms with van der Waals surface area (Å²) in [5, 5.41) is 1.38. The number of hydrogen-bond donors (Lipinski definition) is 0. The van der Waals surface area contributed by atoms with Gasteiger partial charge in [0.15, 0.2) is 0 Å². The number of benzene rings is 2. The number of anilines is 1. The summed E-state index contributed by atoms with van der Waals surface area (Å²) in [5.41, 5.74) is 3.25. The molecule has 6 heteroatoms. The normalized spacial score (nSPS) is 22.4. The van der Waals surface area contributed by atoms with Crippen LogP contribution in [0, 0.1) is 5.92 Å². The fourth-order valence-electron chi connectivity index (χ4n) is 4.44. The molecule has 3 nitrogen and oxygen atoms in total. The van der Waals surface area contributed by atoms with Crippen LogP contribution in [-0.2, 0) is 17.8 Å². The maximum absolute atomic E-state index is 13.4. The van der Waals surface area contributed by atoms with E-state index >= 15 is 0 Å². The lowest BCUT2D eigenvalue weighted by atomic mass is 9.95. The minimum atomic E-state index is 0.00654. The van der Waals surface area contributed by atoms with Crippen LogP contribution in [0.2, 0.25) is 10.0 Å². The number of piperidine rings is 1. The highest BCUT2D eigenvalue weighted by atomic mass is 79.9. The lowest BCUT2D eigenvalue weighted by molar-refractivity contribution is -0.124. The Morgan fingerprint density at radius 3 is 2.71 bits per heavy atom. The Labute approximate surface area is 184 Å². The van der Waals surface area contributed by atoms with E-state index in [9.17, 15) is 4.79 Å². The molecule has 2 atom stereocenters. The van der Waals surface area contributed by atoms with Gasteiger partial charge < -0.3 is 4.90 Å². The molecule has 0 aromatic heterocycles. The predicted molar refractivity (Wildman–Crippen MR) is 119 cm³/mol. The van der Waals surface area contributed by atoms with E-state index < -0.39 is 0 Å². The summed E-state index contributed by atoms with van der Waals surface area (Å²) < 4.78 is 1.06. The van der Waals surface area contributed by atoms with Crippen LogP contribution in [0.5, 0.6) is 0 Å². The molecule has 2 aliphatic heterocycles. The highest BCUT2D eigenvalue weighted by Gasteiger charge is 2.36. The van der Waals surface area contributed by atoms with E-state index in [2.05, 4.69) is 39.9 Å². The maximum Gasteiger partial charge on any atom is 0.231 e. The van der Waals surface area contributed by atoms with E-state index in [1.54, 1.807) is 0 Å². The molecular weight excluding hydrogens is 459 g/mol. The Morgan fingerprint density at radius 1 is 1.21 bits per heavy atom. The molecule has 0 N–H and O–H groups in total. The van der Waals surface area contributed by atoms with Crippen LogP contribution in [0.25, 0.3) is 0 Å². The molecular formula is C22H23BrCl2N2O. The zero-order valence-electron chi connectivity index (χ0n) is 15.8. The van der Waals surface area contributed by atoms with Crippen molar-refractivity contribution in [2.24, 2.45) is 5.92 Å². The number of rotatable bonds is 3. The number of likely N-dealkylation sites (tertiary alicyclic amines) is 1. The van der Waals surface area contributed by atoms with Gasteiger partial charge in [-0.2, -0.15) is 0 Å². The number of halogens is 3. The number of amides is 1. The number of fused-ring (bicyclic) bond motifs is 1. The molecule has 148 valence electrons. The van der Waals surface area contributed by atoms with E-state index in [4.69, 9.17) is 23.2 Å². The largest absolute Gasteiger partial charge is 0.309 e. The first-order valence-corrected chi connectivity index (χ1v) is 11.3. The first kappa shape index (κ1) is 20.2. The van der Waals surface area contributed by atoms with Gasteiger partial charge >= 0.3 is 0 Å². The summed E-state index contributed by atoms with van der Waals surface area (Å²) in [5.74, 6) is 0.246. The van der Waals surface area contributed by atoms with E-state index in [-0.39, 0.29) is 17.9 Å². The van der Waals surface area contributed by atoms with Crippen molar-refractivity contribution >= 4 is 50.7 Å². The summed E-state index contributed by atoms with van der Waals surface area (Å²) >= 11 is 16.2. The molecule has 2 aromatic rings. The van der Waals surface area contributed by atoms with Crippen molar-refractivity contribution in [3.63, 3.8) is 0 Å². The Hall–Kier alpha value is -1.07. The lowest BCUT2D eigenvalue weighted by Crippen LogP contribution is -2.46. The molecule has 1 saturated heterocycles. The van der Waals surface area contributed by atoms with Crippen LogP contribution in [0.1, 0.15) is 30.9 Å². The van der Waals surface area contributed by atoms with Gasteiger partial charge in [0.2, 0.25) is 5.91 Å². The van der Waals surface area contributed by atoms with Gasteiger partial charge in [-0.05, 0) is 68.6 Å². The van der Waals surface area contributed by atoms with Crippen LogP contribution in [-0.4, -0.2) is 29.9 Å². The number of nitrogens with zero attached hydrogens (tertiary/aromatic N) is 2. The van der Waals surface area contributed by atoms with Crippen molar-refractivity contribution in [1.82, 2.24) is 4.90 Å². The van der Waals surface area contributed by atoms with Crippen LogP contribution in [0.15, 0.2) is 40.9 Å². The molecule has 0 aliphatic carbocycles. The van der Waals surface area contributed by atoms with Gasteiger partial charge in [0.25, 0.3) is 0 Å². The quantitative estimate of drug-likeness (QED) is 0.541. The Morgan fingerprint density at radius 2 is 1.96 bits per heavy atom. The first-order chi connectivity index (χ1) is 13.4. The minimum absolute atomic E-state index is 0.00654. The number of carbonyl (C=O) groups is 1. The van der Waals surface area contributed by atoms with E-state index in [0.717, 1.165) is 48.1 Å². The average molecular weight is 482 g/mol. The highest BCUT2D eigenvalue weighted by molar-refractivity contribution is 9.10. The van der Waals surface area contributed by atoms with E-state index in [1.165, 1.54) is 5.56 Å². The van der Waals surface area contributed by atoms with Gasteiger partial charge in [-0.25, -0.2) is 0 Å². The molecule has 1 fully saturated rings. The SMILES string of the molecule is C[C@H]1Cc2cc(Br)ccc2N1C(=O)[C@@H]1CCCN(Cc2c(Cl)cccc2Cl)C1. The van der Waals surface area contributed by atoms with Crippen molar-refractivity contribution in [2.45, 2.75) is 38.8 Å². The molecule has 0 unspecified atom stereocenters. The van der Waals surface area contributed by atoms with Gasteiger partial charge in [-0.3, -0.25) is 9.69 Å². The molecule has 0 bridgehead atoms. The molecule has 2 aromatic carbocycles. The second-order valence-electron chi connectivity index (χ2n) is 7.81. The summed E-state index contributed by atoms with van der Waals surface area (Å²) in [6.45, 7) is 4.52. The third-order valence-electron chi connectivity index (χ3n) is 5.79. The lowest BCUT2D eigenvalue weighted by Gasteiger charge is -2.35. The van der Waals surface area contributed by atoms with Gasteiger partial charge in [-0.1, -0.05) is 45.2 Å². The molecule has 2 aliphatic rings. The Bertz CT molecular complexity index is 884. The fourth-order valence-corrected chi connectivity index (χ4v) is 5.37. The minimum Gasteiger partial charge on any atom is -0.309 e. The van der Waals surface area contributed by atoms with Crippen LogP contribution in [0.3, 0.4) is 0 Å². The van der Waals surface area contributed by atoms with Crippen molar-refractivity contribution in [2.75, 3.05) is 18.0 Å². The smallest absolute Gasteiger partial charge is 0.231 e. The van der Waals surface area contributed by atoms with Gasteiger partial charge in [0, 0.05) is 44.9 Å². The second-order valence-corrected chi connectivity index (χ2v) is 9.54. The molecule has 2 heterocycles. The highest BCUT2D eigenvalue weighted by Crippen LogP contribution is 2.36. The molecule has 0 spiro atoms. The number of hydrogen-bond acceptors (Lipinski definition) is 2. The van der Waals surface area contributed by atoms with Gasteiger partial charge in [-0.15, -0.1) is 0 Å². The van der Waals surface area contributed by atoms with Crippen LogP contribution in [0.4, 0.5) is 5.69 Å². The second kappa shape index (κ2) is 8.35. The van der Waals surface area contributed by atoms with Crippen LogP contribution >= 0.6 is 39.1 Å². The van der Waals surface area contributed by atoms with Crippen LogP contribution < -0.4 is 4.90 Å². The van der Waals surface area contributed by atoms with Crippen molar-refractivity contribution in [3.8, 4) is 0 Å². The van der Waals surface area contributed by atoms with Gasteiger partial charge in [0.1, 0.15) is 0 Å². The maximum atomic E-state index is 13.4. The summed E-state index contributed by atoms with van der Waals surface area (Å²) in [6, 6.07) is 12.0. The fraction of sp³-hybridized carbons (Fsp3) is 0.409. The third-order valence-corrected chi connectivity index (χ3v) is 6.99. The standard InChI is InChI=1S/C22H23BrCl2N2O/c1-14-10-16-11-17(23)7-8-21(16)27(14)22(28)15-4-3-9-26(12-15)13-18-19(24)5-2-6-20(18)25/h2,5-8,11,14-15H,3-4,9-10,12-13H2,1H3/t14-,15+/m0/s1. The molecule has 4 rings (SSSR count). The topological polar surface area (TPSA) is 23.6 Å². The molecule has 0 saturated carbocycles. The average Bonchev–Trinajstić information content (AvgIpc) is 2.99. The summed E-state index contributed by atoms with van der Waals surface area (Å²) in [7, 11) is 0. The van der Waals surface area contributed by atoms with Crippen molar-refractivity contribution in [1.29, 1.82) is 0 Å². The molecule has 28 heavy (non-hydrogen) atoms. The molecule has 0 radical (unpaired) electrons. The Kier molecular flexibility index (Phi) is 6.03. The van der Waals surface area contributed by atoms with Crippen molar-refractivity contribution in [3.05, 3.63) is 62.0 Å². The van der Waals surface area contributed by atoms with E-state index in [0.29, 0.717) is 16.6 Å². The monoisotopic (exact) mass is 480 g/mol. The zero-order chi connectivity index (χ0) is 19.8. The zero-order valence-corrected chi connectivity index (χ0v) is 18.9. The van der Waals surface area contributed by atoms with Gasteiger partial charge in [0.05, 0.1) is 5.92 Å². The predicted octanol–water partition coefficient (Wildman–Crippen LogP) is 5.95. The summed E-state index contributed by atoms with van der Waals surface area (Å²) in [4.78, 5) is 17.7. The van der Waals surface area contributed by atoms with Crippen molar-refractivity contribution < 1.29 is 4.79 Å². The Balaban J connectivity index is 1.50. The summed E-state index contributed by atoms with van der Waals surface area (Å²) in [6.07, 6.45) is 2.85. The third kappa shape index (κ3) is 3.97. The van der Waals surface area contributed by atoms with E-state index in [1.807, 2.05) is 29.2 Å².